The van der Waals surface area contributed by atoms with E-state index in [2.05, 4.69) is 19.9 Å². The molecule has 72 heavy (non-hydrogen) atoms. The lowest BCUT2D eigenvalue weighted by molar-refractivity contribution is -0.141. The quantitative estimate of drug-likeness (QED) is 0.0489. The molecule has 0 aromatic carbocycles. The number of aromatic amines is 4. The maximum absolute atomic E-state index is 13.4. The highest BCUT2D eigenvalue weighted by molar-refractivity contribution is 5.77. The van der Waals surface area contributed by atoms with Gasteiger partial charge in [-0.25, -0.2) is 0 Å². The van der Waals surface area contributed by atoms with Crippen LogP contribution in [0.15, 0.2) is 0 Å². The standard InChI is InChI=1S/C52H68N4O16/c1-65-45(57)17-9-13-29-33(21-49(61)69-5)41-26-38-31(15-11-19-47(59)67-3)35(23-51(63)71-7)43(55-38)28-40-32(16-12-20-48(60)68-4)36(24-52(64)72-8)44(56-40)27-39-30(14-10-18-46(58)66-2)34(22-50(62)70-6)42(54-39)25-37(29)53-41/h53-56H,9-28H2,1-8H3. The molecular formula is C52H68N4O16. The van der Waals surface area contributed by atoms with Crippen LogP contribution in [0.3, 0.4) is 0 Å². The van der Waals surface area contributed by atoms with Crippen molar-refractivity contribution in [3.05, 3.63) is 90.1 Å². The Bertz CT molecular complexity index is 2260. The lowest BCUT2D eigenvalue weighted by Gasteiger charge is -2.11. The van der Waals surface area contributed by atoms with E-state index in [4.69, 9.17) is 37.9 Å². The largest absolute Gasteiger partial charge is 0.469 e. The molecule has 8 bridgehead atoms. The first-order valence-electron chi connectivity index (χ1n) is 24.0. The zero-order chi connectivity index (χ0) is 52.5. The Morgan fingerprint density at radius 1 is 0.278 bits per heavy atom. The van der Waals surface area contributed by atoms with Gasteiger partial charge in [-0.2, -0.15) is 0 Å². The number of H-pyrrole nitrogens is 4. The van der Waals surface area contributed by atoms with Crippen molar-refractivity contribution in [2.75, 3.05) is 56.9 Å². The summed E-state index contributed by atoms with van der Waals surface area (Å²) in [6, 6.07) is 0. The molecule has 5 rings (SSSR count). The first-order chi connectivity index (χ1) is 34.6. The molecule has 0 radical (unpaired) electrons. The fourth-order valence-corrected chi connectivity index (χ4v) is 9.68. The number of rotatable bonds is 24. The summed E-state index contributed by atoms with van der Waals surface area (Å²) in [6.45, 7) is 0. The number of esters is 8. The molecule has 0 saturated carbocycles. The number of fused-ring (bicyclic) bond motifs is 8. The highest BCUT2D eigenvalue weighted by Gasteiger charge is 2.30. The molecule has 1 aliphatic rings. The predicted molar refractivity (Wildman–Crippen MR) is 257 cm³/mol. The molecule has 0 spiro atoms. The number of carbonyl (C=O) groups is 8. The van der Waals surface area contributed by atoms with Gasteiger partial charge in [-0.1, -0.05) is 0 Å². The first kappa shape index (κ1) is 55.8. The topological polar surface area (TPSA) is 274 Å². The molecule has 0 unspecified atom stereocenters. The normalized spacial score (nSPS) is 11.9. The molecule has 4 N–H and O–H groups in total. The van der Waals surface area contributed by atoms with E-state index in [9.17, 15) is 38.4 Å². The Morgan fingerprint density at radius 2 is 0.444 bits per heavy atom. The smallest absolute Gasteiger partial charge is 0.310 e. The number of hydrogen-bond donors (Lipinski definition) is 4. The van der Waals surface area contributed by atoms with Crippen LogP contribution in [0.4, 0.5) is 0 Å². The van der Waals surface area contributed by atoms with Crippen LogP contribution in [0.2, 0.25) is 0 Å². The van der Waals surface area contributed by atoms with Crippen LogP contribution < -0.4 is 0 Å². The predicted octanol–water partition coefficient (Wildman–Crippen LogP) is 4.52. The van der Waals surface area contributed by atoms with E-state index >= 15 is 0 Å². The number of nitrogens with one attached hydrogen (secondary N) is 4. The summed E-state index contributed by atoms with van der Waals surface area (Å²) < 4.78 is 40.8. The SMILES string of the molecule is COC(=O)CCCc1c2[nH]c(c1CC(=O)OC)Cc1[nH]c(c(CC(=O)OC)c1CCCC(=O)OC)Cc1[nH]c(c(CC(=O)OC)c1CCCC(=O)OC)Cc1[nH]c(c(CC(=O)OC)c1CCCC(=O)OC)C2. The van der Waals surface area contributed by atoms with Gasteiger partial charge in [0, 0.05) is 96.9 Å². The molecule has 392 valence electrons. The van der Waals surface area contributed by atoms with Crippen LogP contribution in [0.5, 0.6) is 0 Å². The lowest BCUT2D eigenvalue weighted by atomic mass is 9.92. The van der Waals surface area contributed by atoms with Gasteiger partial charge in [-0.15, -0.1) is 0 Å². The summed E-state index contributed by atoms with van der Waals surface area (Å²) >= 11 is 0. The first-order valence-corrected chi connectivity index (χ1v) is 24.0. The third-order valence-corrected chi connectivity index (χ3v) is 13.3. The van der Waals surface area contributed by atoms with Crippen molar-refractivity contribution in [1.29, 1.82) is 0 Å². The molecule has 20 nitrogen and oxygen atoms in total. The summed E-state index contributed by atoms with van der Waals surface area (Å²) in [5.74, 6) is -3.66. The van der Waals surface area contributed by atoms with Gasteiger partial charge in [-0.05, 0) is 95.9 Å². The minimum atomic E-state index is -0.509. The van der Waals surface area contributed by atoms with Gasteiger partial charge in [-0.3, -0.25) is 38.4 Å². The minimum Gasteiger partial charge on any atom is -0.469 e. The van der Waals surface area contributed by atoms with Gasteiger partial charge in [0.25, 0.3) is 0 Å². The highest BCUT2D eigenvalue weighted by atomic mass is 16.5. The Morgan fingerprint density at radius 3 is 0.611 bits per heavy atom. The van der Waals surface area contributed by atoms with Gasteiger partial charge in [0.2, 0.25) is 0 Å². The number of aromatic nitrogens is 4. The van der Waals surface area contributed by atoms with Crippen molar-refractivity contribution in [3.63, 3.8) is 0 Å². The van der Waals surface area contributed by atoms with E-state index < -0.39 is 47.8 Å². The van der Waals surface area contributed by atoms with E-state index in [1.54, 1.807) is 0 Å². The second-order valence-electron chi connectivity index (χ2n) is 17.6. The van der Waals surface area contributed by atoms with Crippen molar-refractivity contribution in [2.24, 2.45) is 0 Å². The molecule has 0 fully saturated rings. The van der Waals surface area contributed by atoms with E-state index in [0.29, 0.717) is 119 Å². The summed E-state index contributed by atoms with van der Waals surface area (Å²) in [4.78, 5) is 118. The van der Waals surface area contributed by atoms with Crippen LogP contribution in [-0.2, 0) is 153 Å². The molecule has 4 aromatic rings. The van der Waals surface area contributed by atoms with Gasteiger partial charge in [0.15, 0.2) is 0 Å². The van der Waals surface area contributed by atoms with E-state index in [1.165, 1.54) is 56.9 Å². The van der Waals surface area contributed by atoms with Crippen molar-refractivity contribution in [1.82, 2.24) is 19.9 Å². The Hall–Kier alpha value is -7.12. The second-order valence-corrected chi connectivity index (χ2v) is 17.6. The molecule has 4 aromatic heterocycles. The number of carbonyl (C=O) groups excluding carboxylic acids is 8. The molecule has 0 aliphatic carbocycles. The zero-order valence-corrected chi connectivity index (χ0v) is 42.7. The summed E-state index contributed by atoms with van der Waals surface area (Å²) in [5, 5.41) is 0. The molecule has 1 aliphatic heterocycles. The molecule has 0 atom stereocenters. The fourth-order valence-electron chi connectivity index (χ4n) is 9.68. The molecule has 0 amide bonds. The average Bonchev–Trinajstić information content (AvgIpc) is 4.07. The van der Waals surface area contributed by atoms with Crippen molar-refractivity contribution >= 4 is 47.8 Å². The Kier molecular flexibility index (Phi) is 20.9. The van der Waals surface area contributed by atoms with E-state index in [-0.39, 0.29) is 77.0 Å². The Labute approximate surface area is 418 Å². The lowest BCUT2D eigenvalue weighted by Crippen LogP contribution is -2.11. The average molecular weight is 1010 g/mol. The highest BCUT2D eigenvalue weighted by Crippen LogP contribution is 2.36. The summed E-state index contributed by atoms with van der Waals surface area (Å²) in [5.41, 5.74) is 11.0. The van der Waals surface area contributed by atoms with E-state index in [1.807, 2.05) is 0 Å². The van der Waals surface area contributed by atoms with E-state index in [0.717, 1.165) is 22.3 Å². The maximum Gasteiger partial charge on any atom is 0.310 e. The summed E-state index contributed by atoms with van der Waals surface area (Å²) in [7, 11) is 10.5. The third kappa shape index (κ3) is 14.5. The van der Waals surface area contributed by atoms with Crippen molar-refractivity contribution in [3.8, 4) is 0 Å². The number of methoxy groups -OCH3 is 8. The second kappa shape index (κ2) is 26.9. The number of ether oxygens (including phenoxy) is 8. The van der Waals surface area contributed by atoms with Crippen molar-refractivity contribution < 1.29 is 76.3 Å². The summed E-state index contributed by atoms with van der Waals surface area (Å²) in [6.07, 6.45) is 3.37. The van der Waals surface area contributed by atoms with Crippen LogP contribution in [0, 0.1) is 0 Å². The molecule has 0 saturated heterocycles. The molecule has 20 heteroatoms. The van der Waals surface area contributed by atoms with Gasteiger partial charge < -0.3 is 57.8 Å². The fraction of sp³-hybridized carbons (Fsp3) is 0.538. The van der Waals surface area contributed by atoms with Gasteiger partial charge in [0.05, 0.1) is 82.6 Å². The maximum atomic E-state index is 13.4. The van der Waals surface area contributed by atoms with Crippen LogP contribution in [-0.4, -0.2) is 125 Å². The molecular weight excluding hydrogens is 937 g/mol. The van der Waals surface area contributed by atoms with Crippen LogP contribution in [0.25, 0.3) is 0 Å². The third-order valence-electron chi connectivity index (χ3n) is 13.3. The van der Waals surface area contributed by atoms with Crippen LogP contribution >= 0.6 is 0 Å². The Balaban J connectivity index is 1.90. The van der Waals surface area contributed by atoms with Crippen molar-refractivity contribution in [2.45, 2.75) is 128 Å². The monoisotopic (exact) mass is 1000 g/mol. The van der Waals surface area contributed by atoms with Gasteiger partial charge in [0.1, 0.15) is 0 Å². The molecule has 5 heterocycles. The minimum absolute atomic E-state index is 0.0937. The van der Waals surface area contributed by atoms with Gasteiger partial charge >= 0.3 is 47.8 Å². The number of hydrogen-bond acceptors (Lipinski definition) is 16. The van der Waals surface area contributed by atoms with Crippen LogP contribution in [0.1, 0.15) is 141 Å². The zero-order valence-electron chi connectivity index (χ0n) is 42.7.